The first-order valence-electron chi connectivity index (χ1n) is 9.85. The van der Waals surface area contributed by atoms with Crippen LogP contribution in [0.3, 0.4) is 0 Å². The highest BCUT2D eigenvalue weighted by Crippen LogP contribution is 2.55. The van der Waals surface area contributed by atoms with Gasteiger partial charge in [-0.3, -0.25) is 19.1 Å². The largest absolute Gasteiger partial charge is 0.333 e. The standard InChI is InChI=1S/C22H26NO5PS/c1-5-27-29(26,28-6-2)15-22(4,30-17-13-11-16(3)12-14-17)23-20(24)18-9-7-8-10-19(18)21(23)25/h7-14H,5-6,15H2,1-4H3. The lowest BCUT2D eigenvalue weighted by Gasteiger charge is -2.38. The maximum absolute atomic E-state index is 13.4. The van der Waals surface area contributed by atoms with Crippen LogP contribution < -0.4 is 0 Å². The van der Waals surface area contributed by atoms with E-state index in [4.69, 9.17) is 9.05 Å². The summed E-state index contributed by atoms with van der Waals surface area (Å²) >= 11 is 1.31. The van der Waals surface area contributed by atoms with E-state index in [0.29, 0.717) is 11.1 Å². The molecule has 0 radical (unpaired) electrons. The third-order valence-electron chi connectivity index (χ3n) is 4.76. The summed E-state index contributed by atoms with van der Waals surface area (Å²) in [4.78, 5) is 27.3. The number of carbonyl (C=O) groups excluding carboxylic acids is 2. The molecule has 30 heavy (non-hydrogen) atoms. The Morgan fingerprint density at radius 3 is 1.90 bits per heavy atom. The molecule has 1 atom stereocenters. The first-order chi connectivity index (χ1) is 14.2. The van der Waals surface area contributed by atoms with Crippen molar-refractivity contribution < 1.29 is 23.2 Å². The molecule has 0 saturated carbocycles. The van der Waals surface area contributed by atoms with E-state index in [9.17, 15) is 14.2 Å². The molecule has 0 N–H and O–H groups in total. The van der Waals surface area contributed by atoms with Crippen molar-refractivity contribution in [1.29, 1.82) is 0 Å². The van der Waals surface area contributed by atoms with Gasteiger partial charge in [0.05, 0.1) is 30.5 Å². The van der Waals surface area contributed by atoms with Crippen molar-refractivity contribution in [3.05, 3.63) is 65.2 Å². The van der Waals surface area contributed by atoms with Crippen LogP contribution in [-0.4, -0.2) is 41.0 Å². The highest BCUT2D eigenvalue weighted by molar-refractivity contribution is 8.01. The SMILES string of the molecule is CCOP(=O)(CC(C)(Sc1ccc(C)cc1)N1C(=O)c2ccccc2C1=O)OCC. The number of thioether (sulfide) groups is 1. The number of benzene rings is 2. The quantitative estimate of drug-likeness (QED) is 0.293. The van der Waals surface area contributed by atoms with Gasteiger partial charge in [-0.2, -0.15) is 0 Å². The van der Waals surface area contributed by atoms with Crippen LogP contribution in [-0.2, 0) is 13.6 Å². The van der Waals surface area contributed by atoms with Crippen LogP contribution in [0.1, 0.15) is 47.1 Å². The van der Waals surface area contributed by atoms with E-state index in [-0.39, 0.29) is 19.4 Å². The number of amides is 2. The van der Waals surface area contributed by atoms with Crippen molar-refractivity contribution in [2.75, 3.05) is 19.4 Å². The zero-order valence-corrected chi connectivity index (χ0v) is 19.3. The van der Waals surface area contributed by atoms with Gasteiger partial charge >= 0.3 is 7.60 Å². The van der Waals surface area contributed by atoms with Crippen LogP contribution in [0.15, 0.2) is 53.4 Å². The molecule has 160 valence electrons. The van der Waals surface area contributed by atoms with Crippen molar-refractivity contribution in [2.45, 2.75) is 37.5 Å². The molecular formula is C22H26NO5PS. The summed E-state index contributed by atoms with van der Waals surface area (Å²) in [6, 6.07) is 14.5. The molecule has 1 unspecified atom stereocenters. The van der Waals surface area contributed by atoms with Crippen LogP contribution in [0.5, 0.6) is 0 Å². The van der Waals surface area contributed by atoms with E-state index in [2.05, 4.69) is 0 Å². The Hall–Kier alpha value is -1.92. The van der Waals surface area contributed by atoms with Crippen molar-refractivity contribution >= 4 is 31.2 Å². The molecule has 2 aromatic rings. The van der Waals surface area contributed by atoms with Crippen LogP contribution in [0.25, 0.3) is 0 Å². The van der Waals surface area contributed by atoms with Gasteiger partial charge in [-0.1, -0.05) is 41.6 Å². The normalized spacial score (nSPS) is 15.9. The van der Waals surface area contributed by atoms with Crippen LogP contribution >= 0.6 is 19.4 Å². The van der Waals surface area contributed by atoms with Gasteiger partial charge in [0.2, 0.25) is 0 Å². The van der Waals surface area contributed by atoms with Gasteiger partial charge in [0, 0.05) is 4.90 Å². The molecule has 8 heteroatoms. The second-order valence-electron chi connectivity index (χ2n) is 7.19. The number of hydrogen-bond acceptors (Lipinski definition) is 6. The van der Waals surface area contributed by atoms with E-state index in [1.165, 1.54) is 16.7 Å². The van der Waals surface area contributed by atoms with Crippen molar-refractivity contribution in [1.82, 2.24) is 4.90 Å². The number of hydrogen-bond donors (Lipinski definition) is 0. The van der Waals surface area contributed by atoms with E-state index in [1.54, 1.807) is 45.0 Å². The van der Waals surface area contributed by atoms with Crippen LogP contribution in [0.2, 0.25) is 0 Å². The molecule has 3 rings (SSSR count). The molecule has 0 spiro atoms. The van der Waals surface area contributed by atoms with Crippen molar-refractivity contribution in [2.24, 2.45) is 0 Å². The lowest BCUT2D eigenvalue weighted by atomic mass is 10.1. The maximum Gasteiger partial charge on any atom is 0.333 e. The molecule has 0 bridgehead atoms. The zero-order valence-electron chi connectivity index (χ0n) is 17.6. The van der Waals surface area contributed by atoms with Gasteiger partial charge in [0.1, 0.15) is 4.87 Å². The lowest BCUT2D eigenvalue weighted by molar-refractivity contribution is 0.0579. The van der Waals surface area contributed by atoms with Gasteiger partial charge in [0.25, 0.3) is 11.8 Å². The van der Waals surface area contributed by atoms with E-state index in [1.807, 2.05) is 31.2 Å². The fourth-order valence-electron chi connectivity index (χ4n) is 3.51. The van der Waals surface area contributed by atoms with Crippen LogP contribution in [0, 0.1) is 6.92 Å². The molecule has 0 aromatic heterocycles. The number of rotatable bonds is 9. The molecule has 0 saturated heterocycles. The Kier molecular flexibility index (Phi) is 6.88. The van der Waals surface area contributed by atoms with Crippen molar-refractivity contribution in [3.63, 3.8) is 0 Å². The minimum atomic E-state index is -3.56. The minimum Gasteiger partial charge on any atom is -0.309 e. The fourth-order valence-corrected chi connectivity index (χ4v) is 7.18. The third-order valence-corrected chi connectivity index (χ3v) is 8.56. The monoisotopic (exact) mass is 447 g/mol. The summed E-state index contributed by atoms with van der Waals surface area (Å²) in [5.41, 5.74) is 1.79. The summed E-state index contributed by atoms with van der Waals surface area (Å²) < 4.78 is 24.4. The molecule has 2 aromatic carbocycles. The van der Waals surface area contributed by atoms with E-state index in [0.717, 1.165) is 10.5 Å². The zero-order chi connectivity index (χ0) is 21.9. The third kappa shape index (κ3) is 4.54. The summed E-state index contributed by atoms with van der Waals surface area (Å²) in [5, 5.41) is 0. The van der Waals surface area contributed by atoms with Gasteiger partial charge < -0.3 is 9.05 Å². The molecule has 0 aliphatic carbocycles. The van der Waals surface area contributed by atoms with Gasteiger partial charge in [0.15, 0.2) is 0 Å². The predicted molar refractivity (Wildman–Crippen MR) is 118 cm³/mol. The number of aryl methyl sites for hydroxylation is 1. The molecule has 6 nitrogen and oxygen atoms in total. The average molecular weight is 447 g/mol. The number of fused-ring (bicyclic) bond motifs is 1. The maximum atomic E-state index is 13.4. The summed E-state index contributed by atoms with van der Waals surface area (Å²) in [5.74, 6) is -0.811. The number of nitrogens with zero attached hydrogens (tertiary/aromatic N) is 1. The average Bonchev–Trinajstić information content (AvgIpc) is 2.95. The second-order valence-corrected chi connectivity index (χ2v) is 10.8. The summed E-state index contributed by atoms with van der Waals surface area (Å²) in [6.45, 7) is 7.59. The summed E-state index contributed by atoms with van der Waals surface area (Å²) in [7, 11) is -3.56. The van der Waals surface area contributed by atoms with E-state index < -0.39 is 24.3 Å². The Morgan fingerprint density at radius 1 is 0.933 bits per heavy atom. The first-order valence-corrected chi connectivity index (χ1v) is 12.4. The Morgan fingerprint density at radius 2 is 1.43 bits per heavy atom. The second kappa shape index (κ2) is 9.06. The van der Waals surface area contributed by atoms with Crippen LogP contribution in [0.4, 0.5) is 0 Å². The highest BCUT2D eigenvalue weighted by atomic mass is 32.2. The van der Waals surface area contributed by atoms with Gasteiger partial charge in [-0.25, -0.2) is 0 Å². The number of carbonyl (C=O) groups is 2. The minimum absolute atomic E-state index is 0.119. The Labute approximate surface area is 181 Å². The van der Waals surface area contributed by atoms with Crippen molar-refractivity contribution in [3.8, 4) is 0 Å². The fraction of sp³-hybridized carbons (Fsp3) is 0.364. The van der Waals surface area contributed by atoms with Gasteiger partial charge in [-0.15, -0.1) is 0 Å². The predicted octanol–water partition coefficient (Wildman–Crippen LogP) is 5.37. The topological polar surface area (TPSA) is 72.9 Å². The molecular weight excluding hydrogens is 421 g/mol. The molecule has 1 aliphatic heterocycles. The summed E-state index contributed by atoms with van der Waals surface area (Å²) in [6.07, 6.45) is -0.119. The number of imide groups is 1. The highest BCUT2D eigenvalue weighted by Gasteiger charge is 2.51. The Balaban J connectivity index is 2.05. The first kappa shape index (κ1) is 22.8. The molecule has 1 aliphatic rings. The molecule has 0 fully saturated rings. The Bertz CT molecular complexity index is 948. The van der Waals surface area contributed by atoms with Gasteiger partial charge in [-0.05, 0) is 52.0 Å². The lowest BCUT2D eigenvalue weighted by Crippen LogP contribution is -2.50. The smallest absolute Gasteiger partial charge is 0.309 e. The van der Waals surface area contributed by atoms with E-state index >= 15 is 0 Å². The molecule has 2 amide bonds. The molecule has 1 heterocycles.